The van der Waals surface area contributed by atoms with Crippen molar-refractivity contribution in [2.75, 3.05) is 0 Å². The van der Waals surface area contributed by atoms with E-state index in [4.69, 9.17) is 0 Å². The van der Waals surface area contributed by atoms with Gasteiger partial charge in [0.15, 0.2) is 0 Å². The average Bonchev–Trinajstić information content (AvgIpc) is 3.17. The van der Waals surface area contributed by atoms with Crippen LogP contribution in [0, 0.1) is 0 Å². The van der Waals surface area contributed by atoms with E-state index in [-0.39, 0.29) is 12.3 Å². The minimum absolute atomic E-state index is 0.0659. The Morgan fingerprint density at radius 1 is 0.606 bits per heavy atom. The van der Waals surface area contributed by atoms with E-state index in [1.54, 1.807) is 0 Å². The van der Waals surface area contributed by atoms with Crippen molar-refractivity contribution < 1.29 is 9.90 Å². The molecule has 0 saturated carbocycles. The first-order valence-electron chi connectivity index (χ1n) is 11.2. The van der Waals surface area contributed by atoms with Gasteiger partial charge in [0.05, 0.1) is 6.42 Å². The van der Waals surface area contributed by atoms with Crippen molar-refractivity contribution in [1.82, 2.24) is 0 Å². The Morgan fingerprint density at radius 2 is 1.12 bits per heavy atom. The van der Waals surface area contributed by atoms with Gasteiger partial charge in [0.25, 0.3) is 0 Å². The maximum atomic E-state index is 12.0. The van der Waals surface area contributed by atoms with Crippen molar-refractivity contribution in [3.63, 3.8) is 0 Å². The van der Waals surface area contributed by atoms with Gasteiger partial charge in [0.1, 0.15) is 0 Å². The number of hydrogen-bond donors (Lipinski definition) is 1. The third kappa shape index (κ3) is 3.07. The molecule has 0 aliphatic heterocycles. The molecule has 0 amide bonds. The van der Waals surface area contributed by atoms with Crippen LogP contribution in [0.25, 0.3) is 44.2 Å². The summed E-state index contributed by atoms with van der Waals surface area (Å²) in [7, 11) is 0. The first-order valence-corrected chi connectivity index (χ1v) is 11.2. The van der Waals surface area contributed by atoms with Crippen molar-refractivity contribution >= 4 is 16.7 Å². The minimum Gasteiger partial charge on any atom is -0.481 e. The van der Waals surface area contributed by atoms with Crippen LogP contribution in [0.3, 0.4) is 0 Å². The van der Waals surface area contributed by atoms with Crippen molar-refractivity contribution in [3.05, 3.63) is 120 Å². The fourth-order valence-electron chi connectivity index (χ4n) is 5.48. The first kappa shape index (κ1) is 19.5. The van der Waals surface area contributed by atoms with Gasteiger partial charge < -0.3 is 5.11 Å². The van der Waals surface area contributed by atoms with Crippen LogP contribution in [0.15, 0.2) is 109 Å². The van der Waals surface area contributed by atoms with Crippen molar-refractivity contribution in [2.45, 2.75) is 12.3 Å². The summed E-state index contributed by atoms with van der Waals surface area (Å²) in [5.41, 5.74) is 9.12. The molecule has 0 aromatic heterocycles. The van der Waals surface area contributed by atoms with Gasteiger partial charge >= 0.3 is 5.97 Å². The van der Waals surface area contributed by atoms with E-state index < -0.39 is 5.97 Å². The standard InChI is InChI=1S/C31H22O2/c32-27(33)19-26-22-15-7-8-16-23(22)30-28(20-11-3-1-4-12-20)24-17-9-10-18-25(24)29(31(26)30)21-13-5-2-6-14-21/h1-18,26H,19H2,(H,32,33). The minimum atomic E-state index is -0.781. The molecule has 2 heteroatoms. The highest BCUT2D eigenvalue weighted by Crippen LogP contribution is 2.56. The maximum Gasteiger partial charge on any atom is 0.304 e. The summed E-state index contributed by atoms with van der Waals surface area (Å²) >= 11 is 0. The number of benzene rings is 5. The molecule has 1 unspecified atom stereocenters. The molecule has 1 aliphatic rings. The Balaban J connectivity index is 1.84. The molecular weight excluding hydrogens is 404 g/mol. The third-order valence-corrected chi connectivity index (χ3v) is 6.71. The summed E-state index contributed by atoms with van der Waals surface area (Å²) in [6.07, 6.45) is 0.0659. The molecule has 158 valence electrons. The van der Waals surface area contributed by atoms with E-state index in [1.165, 1.54) is 16.5 Å². The number of fused-ring (bicyclic) bond motifs is 4. The number of hydrogen-bond acceptors (Lipinski definition) is 1. The first-order chi connectivity index (χ1) is 16.2. The highest BCUT2D eigenvalue weighted by Gasteiger charge is 2.36. The maximum absolute atomic E-state index is 12.0. The van der Waals surface area contributed by atoms with Gasteiger partial charge in [-0.05, 0) is 55.3 Å². The zero-order valence-electron chi connectivity index (χ0n) is 18.0. The number of rotatable bonds is 4. The summed E-state index contributed by atoms with van der Waals surface area (Å²) in [5, 5.41) is 12.2. The van der Waals surface area contributed by atoms with Crippen LogP contribution >= 0.6 is 0 Å². The molecule has 0 heterocycles. The van der Waals surface area contributed by atoms with Crippen LogP contribution in [0.2, 0.25) is 0 Å². The molecular formula is C31H22O2. The number of carbonyl (C=O) groups is 1. The second-order valence-corrected chi connectivity index (χ2v) is 8.55. The monoisotopic (exact) mass is 426 g/mol. The predicted molar refractivity (Wildman–Crippen MR) is 134 cm³/mol. The molecule has 1 aliphatic carbocycles. The Bertz CT molecular complexity index is 1500. The molecule has 0 saturated heterocycles. The van der Waals surface area contributed by atoms with Crippen LogP contribution < -0.4 is 0 Å². The number of carboxylic acids is 1. The smallest absolute Gasteiger partial charge is 0.304 e. The van der Waals surface area contributed by atoms with E-state index in [1.807, 2.05) is 18.2 Å². The molecule has 0 radical (unpaired) electrons. The lowest BCUT2D eigenvalue weighted by atomic mass is 9.81. The van der Waals surface area contributed by atoms with E-state index in [0.717, 1.165) is 38.8 Å². The van der Waals surface area contributed by atoms with Gasteiger partial charge in [0.2, 0.25) is 0 Å². The molecule has 1 atom stereocenters. The molecule has 5 aromatic carbocycles. The van der Waals surface area contributed by atoms with Gasteiger partial charge in [-0.2, -0.15) is 0 Å². The Hall–Kier alpha value is -4.17. The quantitative estimate of drug-likeness (QED) is 0.319. The SMILES string of the molecule is O=C(O)CC1c2ccccc2-c2c1c(-c1ccccc1)c1ccccc1c2-c1ccccc1. The van der Waals surface area contributed by atoms with Crippen LogP contribution in [0.4, 0.5) is 0 Å². The van der Waals surface area contributed by atoms with E-state index >= 15 is 0 Å². The molecule has 6 rings (SSSR count). The largest absolute Gasteiger partial charge is 0.481 e. The third-order valence-electron chi connectivity index (χ3n) is 6.71. The van der Waals surface area contributed by atoms with Crippen LogP contribution in [-0.4, -0.2) is 11.1 Å². The lowest BCUT2D eigenvalue weighted by molar-refractivity contribution is -0.137. The summed E-state index contributed by atoms with van der Waals surface area (Å²) in [5.74, 6) is -0.980. The van der Waals surface area contributed by atoms with E-state index in [0.29, 0.717) is 0 Å². The van der Waals surface area contributed by atoms with Gasteiger partial charge in [-0.1, -0.05) is 109 Å². The molecule has 0 fully saturated rings. The van der Waals surface area contributed by atoms with Gasteiger partial charge in [0, 0.05) is 5.92 Å². The highest BCUT2D eigenvalue weighted by atomic mass is 16.4. The average molecular weight is 427 g/mol. The molecule has 5 aromatic rings. The summed E-state index contributed by atoms with van der Waals surface area (Å²) < 4.78 is 0. The summed E-state index contributed by atoms with van der Waals surface area (Å²) in [6, 6.07) is 37.7. The highest BCUT2D eigenvalue weighted by molar-refractivity contribution is 6.14. The van der Waals surface area contributed by atoms with Crippen molar-refractivity contribution in [1.29, 1.82) is 0 Å². The van der Waals surface area contributed by atoms with Gasteiger partial charge in [-0.3, -0.25) is 4.79 Å². The van der Waals surface area contributed by atoms with Gasteiger partial charge in [-0.15, -0.1) is 0 Å². The normalized spacial score (nSPS) is 14.1. The zero-order valence-corrected chi connectivity index (χ0v) is 18.0. The zero-order chi connectivity index (χ0) is 22.4. The Labute approximate surface area is 192 Å². The fourth-order valence-corrected chi connectivity index (χ4v) is 5.48. The molecule has 0 bridgehead atoms. The van der Waals surface area contributed by atoms with Crippen LogP contribution in [-0.2, 0) is 4.79 Å². The Kier molecular flexibility index (Phi) is 4.58. The van der Waals surface area contributed by atoms with Crippen molar-refractivity contribution in [3.8, 4) is 33.4 Å². The fraction of sp³-hybridized carbons (Fsp3) is 0.0645. The second kappa shape index (κ2) is 7.75. The van der Waals surface area contributed by atoms with Crippen molar-refractivity contribution in [2.24, 2.45) is 0 Å². The molecule has 33 heavy (non-hydrogen) atoms. The molecule has 0 spiro atoms. The summed E-state index contributed by atoms with van der Waals surface area (Å²) in [4.78, 5) is 12.0. The predicted octanol–water partition coefficient (Wildman–Crippen LogP) is 7.76. The lowest BCUT2D eigenvalue weighted by Gasteiger charge is -2.22. The van der Waals surface area contributed by atoms with E-state index in [9.17, 15) is 9.90 Å². The van der Waals surface area contributed by atoms with Crippen LogP contribution in [0.1, 0.15) is 23.5 Å². The number of aliphatic carboxylic acids is 1. The number of carboxylic acid groups (broad SMARTS) is 1. The van der Waals surface area contributed by atoms with Crippen LogP contribution in [0.5, 0.6) is 0 Å². The molecule has 2 nitrogen and oxygen atoms in total. The Morgan fingerprint density at radius 3 is 1.76 bits per heavy atom. The van der Waals surface area contributed by atoms with E-state index in [2.05, 4.69) is 91.0 Å². The lowest BCUT2D eigenvalue weighted by Crippen LogP contribution is -2.07. The summed E-state index contributed by atoms with van der Waals surface area (Å²) in [6.45, 7) is 0. The van der Waals surface area contributed by atoms with Gasteiger partial charge in [-0.25, -0.2) is 0 Å². The topological polar surface area (TPSA) is 37.3 Å². The second-order valence-electron chi connectivity index (χ2n) is 8.55. The molecule has 1 N–H and O–H groups in total.